The number of alkyl carbamates (subject to hydrolysis) is 1. The maximum Gasteiger partial charge on any atom is 0.408 e. The summed E-state index contributed by atoms with van der Waals surface area (Å²) >= 11 is 0. The Hall–Kier alpha value is -2.57. The standard InChI is InChI=1S/C29H49N3O4/c1-18(2)16-17-21(5)32(26(34)22(6)30-27(35)36-29(10,11)12)24(25(33)31-28(7,8)9)23-19(3)14-13-15-20(23)4/h13-15,18,21-22,24H,16-17H2,1-12H3,(H,30,35)(H,31,33). The van der Waals surface area contributed by atoms with Gasteiger partial charge in [-0.3, -0.25) is 9.59 Å². The van der Waals surface area contributed by atoms with Crippen LogP contribution < -0.4 is 10.6 Å². The summed E-state index contributed by atoms with van der Waals surface area (Å²) in [6.45, 7) is 22.9. The maximum atomic E-state index is 14.0. The molecule has 3 unspecified atom stereocenters. The first-order valence-corrected chi connectivity index (χ1v) is 13.0. The third-order valence-electron chi connectivity index (χ3n) is 5.84. The van der Waals surface area contributed by atoms with Gasteiger partial charge in [-0.2, -0.15) is 0 Å². The number of hydrogen-bond donors (Lipinski definition) is 2. The van der Waals surface area contributed by atoms with Gasteiger partial charge in [-0.25, -0.2) is 4.79 Å². The average molecular weight is 504 g/mol. The van der Waals surface area contributed by atoms with E-state index in [0.29, 0.717) is 5.92 Å². The zero-order chi connectivity index (χ0) is 28.0. The van der Waals surface area contributed by atoms with Gasteiger partial charge in [0.25, 0.3) is 0 Å². The van der Waals surface area contributed by atoms with Crippen molar-refractivity contribution in [3.8, 4) is 0 Å². The third-order valence-corrected chi connectivity index (χ3v) is 5.84. The van der Waals surface area contributed by atoms with Crippen LogP contribution in [0.2, 0.25) is 0 Å². The molecule has 7 heteroatoms. The van der Waals surface area contributed by atoms with Crippen LogP contribution in [-0.4, -0.2) is 46.0 Å². The molecule has 0 bridgehead atoms. The van der Waals surface area contributed by atoms with Gasteiger partial charge in [-0.05, 0) is 105 Å². The fourth-order valence-electron chi connectivity index (χ4n) is 4.18. The lowest BCUT2D eigenvalue weighted by atomic mass is 9.91. The lowest BCUT2D eigenvalue weighted by Crippen LogP contribution is -2.56. The molecular formula is C29H49N3O4. The highest BCUT2D eigenvalue weighted by Crippen LogP contribution is 2.32. The van der Waals surface area contributed by atoms with Crippen LogP contribution in [0.4, 0.5) is 4.79 Å². The lowest BCUT2D eigenvalue weighted by molar-refractivity contribution is -0.145. The van der Waals surface area contributed by atoms with E-state index in [-0.39, 0.29) is 17.9 Å². The van der Waals surface area contributed by atoms with E-state index in [4.69, 9.17) is 4.74 Å². The number of ether oxygens (including phenoxy) is 1. The van der Waals surface area contributed by atoms with Crippen LogP contribution in [0.5, 0.6) is 0 Å². The van der Waals surface area contributed by atoms with E-state index in [0.717, 1.165) is 29.5 Å². The first kappa shape index (κ1) is 31.5. The number of hydrogen-bond acceptors (Lipinski definition) is 4. The van der Waals surface area contributed by atoms with Gasteiger partial charge >= 0.3 is 6.09 Å². The fraction of sp³-hybridized carbons (Fsp3) is 0.690. The van der Waals surface area contributed by atoms with Crippen molar-refractivity contribution in [1.29, 1.82) is 0 Å². The van der Waals surface area contributed by atoms with Gasteiger partial charge in [0.15, 0.2) is 0 Å². The second-order valence-electron chi connectivity index (χ2n) is 12.4. The molecule has 1 aromatic carbocycles. The van der Waals surface area contributed by atoms with Gasteiger partial charge in [0.1, 0.15) is 17.7 Å². The zero-order valence-corrected chi connectivity index (χ0v) is 24.5. The summed E-state index contributed by atoms with van der Waals surface area (Å²) in [6.07, 6.45) is 0.965. The van der Waals surface area contributed by atoms with Crippen molar-refractivity contribution in [2.75, 3.05) is 0 Å². The summed E-state index contributed by atoms with van der Waals surface area (Å²) in [6, 6.07) is 3.91. The van der Waals surface area contributed by atoms with Gasteiger partial charge in [-0.1, -0.05) is 32.0 Å². The Morgan fingerprint density at radius 3 is 1.89 bits per heavy atom. The molecule has 2 N–H and O–H groups in total. The van der Waals surface area contributed by atoms with Crippen LogP contribution in [0.25, 0.3) is 0 Å². The normalized spacial score (nSPS) is 14.6. The van der Waals surface area contributed by atoms with Crippen LogP contribution in [0, 0.1) is 19.8 Å². The molecule has 204 valence electrons. The van der Waals surface area contributed by atoms with Gasteiger partial charge in [0.05, 0.1) is 0 Å². The molecule has 0 radical (unpaired) electrons. The number of carbonyl (C=O) groups is 3. The van der Waals surface area contributed by atoms with Crippen molar-refractivity contribution in [3.63, 3.8) is 0 Å². The molecule has 0 aliphatic rings. The van der Waals surface area contributed by atoms with E-state index in [1.165, 1.54) is 0 Å². The van der Waals surface area contributed by atoms with Crippen molar-refractivity contribution in [2.45, 2.75) is 125 Å². The van der Waals surface area contributed by atoms with Crippen LogP contribution in [0.3, 0.4) is 0 Å². The molecule has 0 spiro atoms. The van der Waals surface area contributed by atoms with E-state index < -0.39 is 29.3 Å². The van der Waals surface area contributed by atoms with Gasteiger partial charge < -0.3 is 20.3 Å². The minimum absolute atomic E-state index is 0.238. The predicted molar refractivity (Wildman–Crippen MR) is 146 cm³/mol. The Bertz CT molecular complexity index is 892. The van der Waals surface area contributed by atoms with Crippen LogP contribution in [-0.2, 0) is 14.3 Å². The van der Waals surface area contributed by atoms with Crippen molar-refractivity contribution in [1.82, 2.24) is 15.5 Å². The molecule has 0 saturated heterocycles. The van der Waals surface area contributed by atoms with E-state index in [2.05, 4.69) is 24.5 Å². The average Bonchev–Trinajstić information content (AvgIpc) is 2.67. The van der Waals surface area contributed by atoms with Crippen LogP contribution >= 0.6 is 0 Å². The summed E-state index contributed by atoms with van der Waals surface area (Å²) in [4.78, 5) is 42.0. The zero-order valence-electron chi connectivity index (χ0n) is 24.5. The minimum Gasteiger partial charge on any atom is -0.444 e. The molecule has 0 fully saturated rings. The molecule has 3 amide bonds. The molecule has 0 heterocycles. The Kier molecular flexibility index (Phi) is 11.0. The van der Waals surface area contributed by atoms with E-state index >= 15 is 0 Å². The van der Waals surface area contributed by atoms with Gasteiger partial charge in [0.2, 0.25) is 11.8 Å². The highest BCUT2D eigenvalue weighted by molar-refractivity contribution is 5.92. The van der Waals surface area contributed by atoms with E-state index in [1.807, 2.05) is 59.7 Å². The number of nitrogens with one attached hydrogen (secondary N) is 2. The van der Waals surface area contributed by atoms with E-state index in [1.54, 1.807) is 32.6 Å². The number of rotatable bonds is 9. The minimum atomic E-state index is -0.879. The number of benzene rings is 1. The van der Waals surface area contributed by atoms with Crippen LogP contribution in [0.1, 0.15) is 105 Å². The third kappa shape index (κ3) is 9.82. The largest absolute Gasteiger partial charge is 0.444 e. The Balaban J connectivity index is 3.59. The summed E-state index contributed by atoms with van der Waals surface area (Å²) in [7, 11) is 0. The maximum absolute atomic E-state index is 14.0. The highest BCUT2D eigenvalue weighted by atomic mass is 16.6. The van der Waals surface area contributed by atoms with Crippen molar-refractivity contribution in [2.24, 2.45) is 5.92 Å². The molecule has 1 rings (SSSR count). The van der Waals surface area contributed by atoms with E-state index in [9.17, 15) is 14.4 Å². The first-order chi connectivity index (χ1) is 16.3. The molecule has 1 aromatic rings. The molecular weight excluding hydrogens is 454 g/mol. The first-order valence-electron chi connectivity index (χ1n) is 13.0. The van der Waals surface area contributed by atoms with Crippen molar-refractivity contribution in [3.05, 3.63) is 34.9 Å². The van der Waals surface area contributed by atoms with Gasteiger partial charge in [0, 0.05) is 11.6 Å². The summed E-state index contributed by atoms with van der Waals surface area (Å²) < 4.78 is 5.37. The Labute approximate surface area is 218 Å². The lowest BCUT2D eigenvalue weighted by Gasteiger charge is -2.40. The monoisotopic (exact) mass is 503 g/mol. The molecule has 0 aliphatic carbocycles. The summed E-state index contributed by atoms with van der Waals surface area (Å²) in [5, 5.41) is 5.77. The molecule has 3 atom stereocenters. The Morgan fingerprint density at radius 2 is 1.44 bits per heavy atom. The topological polar surface area (TPSA) is 87.7 Å². The Morgan fingerprint density at radius 1 is 0.917 bits per heavy atom. The number of carbonyl (C=O) groups excluding carboxylic acids is 3. The highest BCUT2D eigenvalue weighted by Gasteiger charge is 2.39. The summed E-state index contributed by atoms with van der Waals surface area (Å²) in [5.74, 6) is -0.119. The predicted octanol–water partition coefficient (Wildman–Crippen LogP) is 5.83. The fourth-order valence-corrected chi connectivity index (χ4v) is 4.18. The number of amides is 3. The quantitative estimate of drug-likeness (QED) is 0.444. The second-order valence-corrected chi connectivity index (χ2v) is 12.4. The van der Waals surface area contributed by atoms with Crippen molar-refractivity contribution >= 4 is 17.9 Å². The summed E-state index contributed by atoms with van der Waals surface area (Å²) in [5.41, 5.74) is 1.51. The van der Waals surface area contributed by atoms with Crippen LogP contribution in [0.15, 0.2) is 18.2 Å². The number of nitrogens with zero attached hydrogens (tertiary/aromatic N) is 1. The SMILES string of the molecule is Cc1cccc(C)c1C(C(=O)NC(C)(C)C)N(C(=O)C(C)NC(=O)OC(C)(C)C)C(C)CCC(C)C. The molecule has 0 saturated carbocycles. The van der Waals surface area contributed by atoms with Gasteiger partial charge in [-0.15, -0.1) is 0 Å². The number of aryl methyl sites for hydroxylation is 2. The second kappa shape index (κ2) is 12.6. The molecule has 36 heavy (non-hydrogen) atoms. The molecule has 0 aromatic heterocycles. The molecule has 0 aliphatic heterocycles. The van der Waals surface area contributed by atoms with Crippen molar-refractivity contribution < 1.29 is 19.1 Å². The smallest absolute Gasteiger partial charge is 0.408 e. The molecule has 7 nitrogen and oxygen atoms in total.